The van der Waals surface area contributed by atoms with Crippen molar-refractivity contribution >= 4 is 23.5 Å². The molecule has 0 bridgehead atoms. The Morgan fingerprint density at radius 1 is 1.24 bits per heavy atom. The summed E-state index contributed by atoms with van der Waals surface area (Å²) in [5.41, 5.74) is -1.18. The average Bonchev–Trinajstić information content (AvgIpc) is 2.77. The molecule has 2 heterocycles. The van der Waals surface area contributed by atoms with E-state index in [0.717, 1.165) is 44.3 Å². The van der Waals surface area contributed by atoms with E-state index < -0.39 is 28.9 Å². The van der Waals surface area contributed by atoms with E-state index in [2.05, 4.69) is 16.9 Å². The number of ether oxygens (including phenoxy) is 1. The van der Waals surface area contributed by atoms with Gasteiger partial charge in [0, 0.05) is 17.3 Å². The lowest BCUT2D eigenvalue weighted by atomic mass is 9.91. The predicted octanol–water partition coefficient (Wildman–Crippen LogP) is 5.14. The van der Waals surface area contributed by atoms with Crippen LogP contribution in [0.1, 0.15) is 58.4 Å². The summed E-state index contributed by atoms with van der Waals surface area (Å²) in [6.07, 6.45) is 6.74. The van der Waals surface area contributed by atoms with E-state index in [-0.39, 0.29) is 27.6 Å². The Kier molecular flexibility index (Phi) is 8.26. The van der Waals surface area contributed by atoms with E-state index in [0.29, 0.717) is 6.61 Å². The van der Waals surface area contributed by atoms with E-state index in [1.165, 1.54) is 32.0 Å². The molecule has 33 heavy (non-hydrogen) atoms. The minimum absolute atomic E-state index is 0.0103. The van der Waals surface area contributed by atoms with Gasteiger partial charge in [-0.15, -0.1) is 0 Å². The highest BCUT2D eigenvalue weighted by atomic mass is 35.5. The number of carboxylic acid groups (broad SMARTS) is 2. The first-order valence-electron chi connectivity index (χ1n) is 11.0. The number of likely N-dealkylation sites (tertiary alicyclic amines) is 1. The minimum atomic E-state index is -1.46. The Hall–Kier alpha value is -2.71. The highest BCUT2D eigenvalue weighted by molar-refractivity contribution is 6.35. The van der Waals surface area contributed by atoms with Gasteiger partial charge in [-0.25, -0.2) is 19.0 Å². The second kappa shape index (κ2) is 10.9. The molecule has 0 saturated carbocycles. The lowest BCUT2D eigenvalue weighted by Gasteiger charge is -2.28. The first-order chi connectivity index (χ1) is 15.7. The van der Waals surface area contributed by atoms with Crippen molar-refractivity contribution in [2.75, 3.05) is 26.7 Å². The maximum absolute atomic E-state index is 14.2. The van der Waals surface area contributed by atoms with Crippen molar-refractivity contribution in [3.63, 3.8) is 0 Å². The Balaban J connectivity index is 1.77. The molecule has 0 amide bonds. The third kappa shape index (κ3) is 5.81. The van der Waals surface area contributed by atoms with Crippen molar-refractivity contribution in [1.82, 2.24) is 9.88 Å². The number of hydrogen-bond acceptors (Lipinski definition) is 5. The number of aromatic nitrogens is 1. The highest BCUT2D eigenvalue weighted by Gasteiger charge is 2.27. The van der Waals surface area contributed by atoms with Crippen molar-refractivity contribution in [1.29, 1.82) is 0 Å². The molecule has 1 fully saturated rings. The first kappa shape index (κ1) is 24.9. The maximum atomic E-state index is 14.2. The Bertz CT molecular complexity index is 1040. The summed E-state index contributed by atoms with van der Waals surface area (Å²) < 4.78 is 20.0. The molecule has 1 aromatic carbocycles. The van der Waals surface area contributed by atoms with Crippen molar-refractivity contribution in [2.24, 2.45) is 5.92 Å². The number of carboxylic acids is 2. The fourth-order valence-corrected chi connectivity index (χ4v) is 4.50. The van der Waals surface area contributed by atoms with Gasteiger partial charge in [0.25, 0.3) is 0 Å². The molecular weight excluding hydrogens is 451 g/mol. The lowest BCUT2D eigenvalue weighted by Crippen LogP contribution is -2.30. The number of unbranched alkanes of at least 4 members (excludes halogenated alkanes) is 1. The number of halogens is 2. The summed E-state index contributed by atoms with van der Waals surface area (Å²) in [6.45, 7) is 3.92. The lowest BCUT2D eigenvalue weighted by molar-refractivity contribution is 0.0695. The van der Waals surface area contributed by atoms with E-state index in [9.17, 15) is 24.2 Å². The fourth-order valence-electron chi connectivity index (χ4n) is 4.24. The number of carbonyl (C=O) groups is 2. The predicted molar refractivity (Wildman–Crippen MR) is 123 cm³/mol. The number of pyridine rings is 1. The van der Waals surface area contributed by atoms with Crippen LogP contribution in [-0.2, 0) is 0 Å². The quantitative estimate of drug-likeness (QED) is 0.481. The molecule has 2 N–H and O–H groups in total. The normalized spacial score (nSPS) is 14.9. The molecule has 3 rings (SSSR count). The molecule has 0 aliphatic carbocycles. The van der Waals surface area contributed by atoms with Gasteiger partial charge < -0.3 is 19.8 Å². The summed E-state index contributed by atoms with van der Waals surface area (Å²) in [7, 11) is 2.14. The summed E-state index contributed by atoms with van der Waals surface area (Å²) in [5, 5.41) is 19.2. The second-order valence-corrected chi connectivity index (χ2v) is 8.84. The van der Waals surface area contributed by atoms with Gasteiger partial charge in [0.1, 0.15) is 10.8 Å². The Morgan fingerprint density at radius 3 is 2.58 bits per heavy atom. The molecule has 0 radical (unpaired) electrons. The zero-order valence-electron chi connectivity index (χ0n) is 18.7. The van der Waals surface area contributed by atoms with E-state index in [1.807, 2.05) is 0 Å². The second-order valence-electron chi connectivity index (χ2n) is 8.46. The minimum Gasteiger partial charge on any atom is -0.478 e. The largest absolute Gasteiger partial charge is 0.478 e. The van der Waals surface area contributed by atoms with Crippen LogP contribution in [0, 0.1) is 18.7 Å². The molecule has 0 spiro atoms. The van der Waals surface area contributed by atoms with Gasteiger partial charge in [0.15, 0.2) is 0 Å². The maximum Gasteiger partial charge on any atom is 0.336 e. The molecule has 1 aliphatic heterocycles. The third-order valence-electron chi connectivity index (χ3n) is 6.18. The number of aromatic carboxylic acids is 2. The van der Waals surface area contributed by atoms with Crippen LogP contribution < -0.4 is 4.74 Å². The van der Waals surface area contributed by atoms with Gasteiger partial charge in [-0.1, -0.05) is 18.0 Å². The number of benzene rings is 1. The molecule has 1 aliphatic rings. The van der Waals surface area contributed by atoms with Crippen molar-refractivity contribution < 1.29 is 28.9 Å². The molecule has 9 heteroatoms. The molecule has 178 valence electrons. The van der Waals surface area contributed by atoms with Crippen molar-refractivity contribution in [3.8, 4) is 17.0 Å². The molecule has 0 atom stereocenters. The smallest absolute Gasteiger partial charge is 0.336 e. The standard InChI is InChI=1S/C24H28ClFN2O5/c1-14-18(26)13-17(23(29)30)20(19(14)24(31)32)16-6-9-27-22(21(16)25)33-12-4-3-5-15-7-10-28(2)11-8-15/h6,9,13,15H,3-5,7-8,10-12H2,1-2H3,(H,29,30)(H,31,32). The average molecular weight is 479 g/mol. The Morgan fingerprint density at radius 2 is 1.94 bits per heavy atom. The Labute approximate surface area is 197 Å². The van der Waals surface area contributed by atoms with E-state index in [4.69, 9.17) is 16.3 Å². The van der Waals surface area contributed by atoms with E-state index >= 15 is 0 Å². The van der Waals surface area contributed by atoms with Gasteiger partial charge in [-0.05, 0) is 76.4 Å². The van der Waals surface area contributed by atoms with Crippen molar-refractivity contribution in [3.05, 3.63) is 45.9 Å². The highest BCUT2D eigenvalue weighted by Crippen LogP contribution is 2.39. The summed E-state index contributed by atoms with van der Waals surface area (Å²) in [4.78, 5) is 30.1. The van der Waals surface area contributed by atoms with Crippen LogP contribution in [0.25, 0.3) is 11.1 Å². The molecule has 0 unspecified atom stereocenters. The number of piperidine rings is 1. The van der Waals surface area contributed by atoms with Crippen LogP contribution in [-0.4, -0.2) is 58.8 Å². The molecule has 1 aromatic heterocycles. The van der Waals surface area contributed by atoms with Gasteiger partial charge in [-0.3, -0.25) is 0 Å². The van der Waals surface area contributed by atoms with Gasteiger partial charge >= 0.3 is 11.9 Å². The van der Waals surface area contributed by atoms with Crippen LogP contribution in [0.5, 0.6) is 5.88 Å². The fraction of sp³-hybridized carbons (Fsp3) is 0.458. The first-order valence-corrected chi connectivity index (χ1v) is 11.3. The van der Waals surface area contributed by atoms with Crippen molar-refractivity contribution in [2.45, 2.75) is 39.0 Å². The number of hydrogen-bond donors (Lipinski definition) is 2. The number of nitrogens with zero attached hydrogens (tertiary/aromatic N) is 2. The molecule has 2 aromatic rings. The molecule has 1 saturated heterocycles. The van der Waals surface area contributed by atoms with Gasteiger partial charge in [0.05, 0.1) is 17.7 Å². The van der Waals surface area contributed by atoms with Crippen LogP contribution in [0.15, 0.2) is 18.3 Å². The van der Waals surface area contributed by atoms with Gasteiger partial charge in [0.2, 0.25) is 5.88 Å². The summed E-state index contributed by atoms with van der Waals surface area (Å²) >= 11 is 6.47. The SMILES string of the molecule is Cc1c(F)cc(C(=O)O)c(-c2ccnc(OCCCCC3CCN(C)CC3)c2Cl)c1C(=O)O. The van der Waals surface area contributed by atoms with Crippen LogP contribution in [0.3, 0.4) is 0 Å². The van der Waals surface area contributed by atoms with Crippen LogP contribution >= 0.6 is 11.6 Å². The zero-order chi connectivity index (χ0) is 24.1. The zero-order valence-corrected chi connectivity index (χ0v) is 19.5. The topological polar surface area (TPSA) is 100.0 Å². The monoisotopic (exact) mass is 478 g/mol. The molecular formula is C24H28ClFN2O5. The van der Waals surface area contributed by atoms with E-state index in [1.54, 1.807) is 0 Å². The summed E-state index contributed by atoms with van der Waals surface area (Å²) in [6, 6.07) is 2.21. The molecule has 7 nitrogen and oxygen atoms in total. The number of rotatable bonds is 9. The van der Waals surface area contributed by atoms with Crippen LogP contribution in [0.2, 0.25) is 5.02 Å². The van der Waals surface area contributed by atoms with Crippen LogP contribution in [0.4, 0.5) is 4.39 Å². The summed E-state index contributed by atoms with van der Waals surface area (Å²) in [5.74, 6) is -3.01. The van der Waals surface area contributed by atoms with Gasteiger partial charge in [-0.2, -0.15) is 0 Å². The third-order valence-corrected chi connectivity index (χ3v) is 6.54.